The van der Waals surface area contributed by atoms with E-state index < -0.39 is 0 Å². The molecule has 0 aliphatic heterocycles. The molecule has 0 spiro atoms. The summed E-state index contributed by atoms with van der Waals surface area (Å²) in [5.74, 6) is 0. The van der Waals surface area contributed by atoms with E-state index in [0.29, 0.717) is 12.1 Å². The molecule has 0 saturated carbocycles. The van der Waals surface area contributed by atoms with Crippen molar-refractivity contribution in [2.24, 2.45) is 0 Å². The third-order valence-electron chi connectivity index (χ3n) is 3.35. The molecule has 2 unspecified atom stereocenters. The lowest BCUT2D eigenvalue weighted by Crippen LogP contribution is -2.35. The van der Waals surface area contributed by atoms with Gasteiger partial charge in [-0.1, -0.05) is 44.0 Å². The molecule has 1 nitrogen and oxygen atoms in total. The molecule has 0 aliphatic carbocycles. The highest BCUT2D eigenvalue weighted by atomic mass is 14.9. The predicted octanol–water partition coefficient (Wildman–Crippen LogP) is 4.09. The fourth-order valence-electron chi connectivity index (χ4n) is 2.31. The molecule has 0 radical (unpaired) electrons. The molecule has 0 aromatic heterocycles. The zero-order chi connectivity index (χ0) is 12.7. The Morgan fingerprint density at radius 1 is 1.12 bits per heavy atom. The van der Waals surface area contributed by atoms with Gasteiger partial charge < -0.3 is 5.32 Å². The van der Waals surface area contributed by atoms with E-state index >= 15 is 0 Å². The normalized spacial score (nSPS) is 14.6. The van der Waals surface area contributed by atoms with Gasteiger partial charge in [0.05, 0.1) is 0 Å². The summed E-state index contributed by atoms with van der Waals surface area (Å²) in [5.41, 5.74) is 2.87. The van der Waals surface area contributed by atoms with Gasteiger partial charge >= 0.3 is 0 Å². The fraction of sp³-hybridized carbons (Fsp3) is 0.625. The van der Waals surface area contributed by atoms with E-state index in [4.69, 9.17) is 0 Å². The molecule has 0 fully saturated rings. The molecule has 1 N–H and O–H groups in total. The monoisotopic (exact) mass is 233 g/mol. The highest BCUT2D eigenvalue weighted by molar-refractivity contribution is 5.26. The molecule has 1 aromatic carbocycles. The minimum atomic E-state index is 0.558. The van der Waals surface area contributed by atoms with Crippen molar-refractivity contribution in [3.8, 4) is 0 Å². The third kappa shape index (κ3) is 5.36. The number of rotatable bonds is 7. The van der Waals surface area contributed by atoms with Crippen LogP contribution < -0.4 is 5.32 Å². The van der Waals surface area contributed by atoms with Gasteiger partial charge in [-0.25, -0.2) is 0 Å². The second-order valence-corrected chi connectivity index (χ2v) is 5.24. The van der Waals surface area contributed by atoms with Gasteiger partial charge in [-0.3, -0.25) is 0 Å². The Balaban J connectivity index is 2.39. The highest BCUT2D eigenvalue weighted by Gasteiger charge is 2.08. The topological polar surface area (TPSA) is 12.0 Å². The number of hydrogen-bond donors (Lipinski definition) is 1. The Bertz CT molecular complexity index is 319. The quantitative estimate of drug-likeness (QED) is 0.748. The van der Waals surface area contributed by atoms with Gasteiger partial charge in [-0.15, -0.1) is 0 Å². The van der Waals surface area contributed by atoms with Crippen LogP contribution in [0.15, 0.2) is 24.3 Å². The van der Waals surface area contributed by atoms with Gasteiger partial charge in [0.2, 0.25) is 0 Å². The Morgan fingerprint density at radius 2 is 1.82 bits per heavy atom. The van der Waals surface area contributed by atoms with Gasteiger partial charge in [-0.2, -0.15) is 0 Å². The van der Waals surface area contributed by atoms with Crippen LogP contribution in [0.25, 0.3) is 0 Å². The molecule has 2 atom stereocenters. The maximum atomic E-state index is 3.69. The summed E-state index contributed by atoms with van der Waals surface area (Å²) in [5, 5.41) is 3.69. The third-order valence-corrected chi connectivity index (χ3v) is 3.35. The first-order valence-corrected chi connectivity index (χ1v) is 6.94. The fourth-order valence-corrected chi connectivity index (χ4v) is 2.31. The van der Waals surface area contributed by atoms with Gasteiger partial charge in [0.25, 0.3) is 0 Å². The van der Waals surface area contributed by atoms with Crippen LogP contribution in [0.5, 0.6) is 0 Å². The van der Waals surface area contributed by atoms with E-state index in [1.54, 1.807) is 0 Å². The lowest BCUT2D eigenvalue weighted by atomic mass is 10.0. The molecule has 0 aliphatic rings. The minimum Gasteiger partial charge on any atom is -0.311 e. The number of hydrogen-bond acceptors (Lipinski definition) is 1. The zero-order valence-electron chi connectivity index (χ0n) is 11.8. The molecule has 0 saturated heterocycles. The molecular formula is C16H27N. The first-order valence-electron chi connectivity index (χ1n) is 6.94. The first kappa shape index (κ1) is 14.2. The van der Waals surface area contributed by atoms with Crippen LogP contribution in [0.4, 0.5) is 0 Å². The summed E-state index contributed by atoms with van der Waals surface area (Å²) in [7, 11) is 0. The second kappa shape index (κ2) is 7.50. The SMILES string of the molecule is CCCCC(C)NC(C)Cc1ccccc1C. The zero-order valence-corrected chi connectivity index (χ0v) is 11.8. The molecule has 0 amide bonds. The summed E-state index contributed by atoms with van der Waals surface area (Å²) in [6.07, 6.45) is 5.03. The lowest BCUT2D eigenvalue weighted by molar-refractivity contribution is 0.433. The first-order chi connectivity index (χ1) is 8.13. The predicted molar refractivity (Wildman–Crippen MR) is 76.5 cm³/mol. The molecule has 1 heteroatoms. The van der Waals surface area contributed by atoms with Crippen molar-refractivity contribution in [1.82, 2.24) is 5.32 Å². The molecule has 0 heterocycles. The average molecular weight is 233 g/mol. The van der Waals surface area contributed by atoms with Crippen molar-refractivity contribution in [3.63, 3.8) is 0 Å². The van der Waals surface area contributed by atoms with Crippen LogP contribution in [0.3, 0.4) is 0 Å². The summed E-state index contributed by atoms with van der Waals surface area (Å²) >= 11 is 0. The number of aryl methyl sites for hydroxylation is 1. The molecule has 1 rings (SSSR count). The largest absolute Gasteiger partial charge is 0.311 e. The van der Waals surface area contributed by atoms with Gasteiger partial charge in [0.1, 0.15) is 0 Å². The molecule has 96 valence electrons. The molecule has 1 aromatic rings. The summed E-state index contributed by atoms with van der Waals surface area (Å²) in [4.78, 5) is 0. The Morgan fingerprint density at radius 3 is 2.47 bits per heavy atom. The van der Waals surface area contributed by atoms with Crippen LogP contribution in [-0.4, -0.2) is 12.1 Å². The van der Waals surface area contributed by atoms with Crippen LogP contribution in [-0.2, 0) is 6.42 Å². The molecule has 17 heavy (non-hydrogen) atoms. The van der Waals surface area contributed by atoms with Crippen LogP contribution in [0.2, 0.25) is 0 Å². The Labute approximate surface area is 107 Å². The number of nitrogens with one attached hydrogen (secondary N) is 1. The van der Waals surface area contributed by atoms with Crippen molar-refractivity contribution in [1.29, 1.82) is 0 Å². The molecule has 0 bridgehead atoms. The van der Waals surface area contributed by atoms with Gasteiger partial charge in [0.15, 0.2) is 0 Å². The molecular weight excluding hydrogens is 206 g/mol. The standard InChI is InChI=1S/C16H27N/c1-5-6-10-14(3)17-15(4)12-16-11-8-7-9-13(16)2/h7-9,11,14-15,17H,5-6,10,12H2,1-4H3. The van der Waals surface area contributed by atoms with Gasteiger partial charge in [-0.05, 0) is 44.7 Å². The van der Waals surface area contributed by atoms with E-state index in [-0.39, 0.29) is 0 Å². The van der Waals surface area contributed by atoms with E-state index in [9.17, 15) is 0 Å². The van der Waals surface area contributed by atoms with Crippen molar-refractivity contribution in [2.45, 2.75) is 65.5 Å². The van der Waals surface area contributed by atoms with Crippen LogP contribution in [0.1, 0.15) is 51.2 Å². The van der Waals surface area contributed by atoms with E-state index in [0.717, 1.165) is 6.42 Å². The van der Waals surface area contributed by atoms with E-state index in [1.807, 2.05) is 0 Å². The van der Waals surface area contributed by atoms with Gasteiger partial charge in [0, 0.05) is 12.1 Å². The van der Waals surface area contributed by atoms with E-state index in [2.05, 4.69) is 57.3 Å². The number of benzene rings is 1. The van der Waals surface area contributed by atoms with Crippen molar-refractivity contribution in [3.05, 3.63) is 35.4 Å². The van der Waals surface area contributed by atoms with Crippen molar-refractivity contribution < 1.29 is 0 Å². The Hall–Kier alpha value is -0.820. The number of unbranched alkanes of at least 4 members (excludes halogenated alkanes) is 1. The van der Waals surface area contributed by atoms with Crippen molar-refractivity contribution >= 4 is 0 Å². The van der Waals surface area contributed by atoms with E-state index in [1.165, 1.54) is 30.4 Å². The summed E-state index contributed by atoms with van der Waals surface area (Å²) in [6.45, 7) is 9.03. The highest BCUT2D eigenvalue weighted by Crippen LogP contribution is 2.10. The smallest absolute Gasteiger partial charge is 0.00817 e. The van der Waals surface area contributed by atoms with Crippen molar-refractivity contribution in [2.75, 3.05) is 0 Å². The Kier molecular flexibility index (Phi) is 6.28. The summed E-state index contributed by atoms with van der Waals surface area (Å²) < 4.78 is 0. The second-order valence-electron chi connectivity index (χ2n) is 5.24. The average Bonchev–Trinajstić information content (AvgIpc) is 2.29. The summed E-state index contributed by atoms with van der Waals surface area (Å²) in [6, 6.07) is 9.88. The van der Waals surface area contributed by atoms with Crippen LogP contribution >= 0.6 is 0 Å². The lowest BCUT2D eigenvalue weighted by Gasteiger charge is -2.20. The van der Waals surface area contributed by atoms with Crippen LogP contribution in [0, 0.1) is 6.92 Å². The maximum absolute atomic E-state index is 3.69. The maximum Gasteiger partial charge on any atom is 0.00817 e. The minimum absolute atomic E-state index is 0.558.